The van der Waals surface area contributed by atoms with Crippen LogP contribution in [0.4, 0.5) is 23.4 Å². The molecule has 208 valence electrons. The summed E-state index contributed by atoms with van der Waals surface area (Å²) < 4.78 is 57.7. The molecule has 6 fully saturated rings. The van der Waals surface area contributed by atoms with Crippen LogP contribution in [0.2, 0.25) is 0 Å². The maximum Gasteiger partial charge on any atom is 0.258 e. The molecule has 40 heavy (non-hydrogen) atoms. The smallest absolute Gasteiger partial charge is 0.258 e. The molecule has 6 aliphatic rings. The number of anilines is 1. The number of nitrogens with zero attached hydrogens (tertiary/aromatic N) is 3. The molecular weight excluding hydrogens is 524 g/mol. The van der Waals surface area contributed by atoms with Crippen molar-refractivity contribution in [1.82, 2.24) is 14.9 Å². The summed E-state index contributed by atoms with van der Waals surface area (Å²) in [5, 5.41) is 3.31. The second-order valence-corrected chi connectivity index (χ2v) is 12.8. The zero-order valence-corrected chi connectivity index (χ0v) is 21.7. The lowest BCUT2D eigenvalue weighted by Gasteiger charge is -2.56. The van der Waals surface area contributed by atoms with E-state index in [1.807, 2.05) is 0 Å². The molecule has 6 nitrogen and oxygen atoms in total. The lowest BCUT2D eigenvalue weighted by Crippen LogP contribution is -2.60. The fraction of sp³-hybridized carbons (Fsp3) is 0.500. The highest BCUT2D eigenvalue weighted by atomic mass is 19.3. The van der Waals surface area contributed by atoms with Crippen LogP contribution in [-0.4, -0.2) is 40.0 Å². The minimum atomic E-state index is -2.66. The average Bonchev–Trinajstić information content (AvgIpc) is 3.21. The molecule has 3 aromatic rings. The van der Waals surface area contributed by atoms with Gasteiger partial charge in [-0.15, -0.1) is 0 Å². The van der Waals surface area contributed by atoms with E-state index in [0.717, 1.165) is 31.4 Å². The fourth-order valence-electron chi connectivity index (χ4n) is 8.66. The van der Waals surface area contributed by atoms with Crippen molar-refractivity contribution in [3.05, 3.63) is 63.9 Å². The highest BCUT2D eigenvalue weighted by Gasteiger charge is 2.71. The predicted octanol–water partition coefficient (Wildman–Crippen LogP) is 5.06. The second-order valence-electron chi connectivity index (χ2n) is 12.8. The molecular formula is C30H28F4N4O2. The van der Waals surface area contributed by atoms with Crippen LogP contribution in [0.1, 0.15) is 48.9 Å². The van der Waals surface area contributed by atoms with Gasteiger partial charge in [-0.2, -0.15) is 0 Å². The molecule has 4 bridgehead atoms. The topological polar surface area (TPSA) is 67.2 Å². The summed E-state index contributed by atoms with van der Waals surface area (Å²) in [5.74, 6) is -4.11. The maximum absolute atomic E-state index is 15.1. The van der Waals surface area contributed by atoms with Crippen molar-refractivity contribution < 1.29 is 22.4 Å². The third-order valence-electron chi connectivity index (χ3n) is 10.2. The molecule has 3 heterocycles. The van der Waals surface area contributed by atoms with Gasteiger partial charge in [-0.3, -0.25) is 14.2 Å². The SMILES string of the molecule is O=C(NC12CC3CC(CC(C3)C1)C2)c1cn(-c2ccc(F)cc2F)c2nc(N3CC4C(C3)C4(F)F)ccc2c1=O. The molecule has 5 aliphatic carbocycles. The standard InChI is InChI=1S/C30H28F4N4O2/c31-18-1-3-24(23(32)8-18)38-12-20(28(40)36-29-9-15-5-16(10-29)7-17(6-15)11-29)26(39)19-2-4-25(35-27(19)38)37-13-21-22(14-37)30(21,33)34/h1-4,8,12,15-17,21-22H,5-7,9-11,13-14H2,(H,36,40). The van der Waals surface area contributed by atoms with Crippen LogP contribution in [0.5, 0.6) is 0 Å². The highest BCUT2D eigenvalue weighted by molar-refractivity contribution is 5.98. The van der Waals surface area contributed by atoms with E-state index < -0.39 is 40.7 Å². The second kappa shape index (κ2) is 8.07. The number of carbonyl (C=O) groups excluding carboxylic acids is 1. The van der Waals surface area contributed by atoms with E-state index in [-0.39, 0.29) is 40.9 Å². The molecule has 10 heteroatoms. The number of carbonyl (C=O) groups is 1. The van der Waals surface area contributed by atoms with Crippen molar-refractivity contribution in [2.45, 2.75) is 50.0 Å². The first-order valence-electron chi connectivity index (χ1n) is 14.1. The van der Waals surface area contributed by atoms with Gasteiger partial charge in [-0.1, -0.05) is 0 Å². The molecule has 9 rings (SSSR count). The van der Waals surface area contributed by atoms with E-state index in [1.54, 1.807) is 11.0 Å². The van der Waals surface area contributed by atoms with E-state index in [9.17, 15) is 22.8 Å². The number of alkyl halides is 2. The number of nitrogens with one attached hydrogen (secondary N) is 1. The average molecular weight is 553 g/mol. The van der Waals surface area contributed by atoms with E-state index in [1.165, 1.54) is 42.2 Å². The number of hydrogen-bond acceptors (Lipinski definition) is 4. The Labute approximate surface area is 227 Å². The minimum absolute atomic E-state index is 0.0734. The molecule has 0 radical (unpaired) electrons. The van der Waals surface area contributed by atoms with E-state index in [2.05, 4.69) is 10.3 Å². The Morgan fingerprint density at radius 3 is 2.23 bits per heavy atom. The van der Waals surface area contributed by atoms with Gasteiger partial charge in [0, 0.05) is 30.9 Å². The van der Waals surface area contributed by atoms with Gasteiger partial charge in [0.15, 0.2) is 5.65 Å². The number of rotatable bonds is 4. The summed E-state index contributed by atoms with van der Waals surface area (Å²) in [6.45, 7) is 0.272. The van der Waals surface area contributed by atoms with Crippen LogP contribution in [0.3, 0.4) is 0 Å². The number of fused-ring (bicyclic) bond motifs is 2. The molecule has 0 spiro atoms. The number of amides is 1. The van der Waals surface area contributed by atoms with Crippen molar-refractivity contribution in [3.8, 4) is 5.69 Å². The third kappa shape index (κ3) is 3.56. The van der Waals surface area contributed by atoms with Crippen LogP contribution in [-0.2, 0) is 0 Å². The molecule has 1 aliphatic heterocycles. The van der Waals surface area contributed by atoms with Crippen LogP contribution in [0.25, 0.3) is 16.7 Å². The number of benzene rings is 1. The van der Waals surface area contributed by atoms with E-state index in [0.29, 0.717) is 23.6 Å². The summed E-state index contributed by atoms with van der Waals surface area (Å²) >= 11 is 0. The van der Waals surface area contributed by atoms with Crippen molar-refractivity contribution in [2.75, 3.05) is 18.0 Å². The van der Waals surface area contributed by atoms with Crippen molar-refractivity contribution in [3.63, 3.8) is 0 Å². The molecule has 1 aromatic carbocycles. The third-order valence-corrected chi connectivity index (χ3v) is 10.2. The zero-order valence-electron chi connectivity index (χ0n) is 21.7. The monoisotopic (exact) mass is 552 g/mol. The predicted molar refractivity (Wildman–Crippen MR) is 140 cm³/mol. The fourth-order valence-corrected chi connectivity index (χ4v) is 8.66. The van der Waals surface area contributed by atoms with E-state index in [4.69, 9.17) is 0 Å². The van der Waals surface area contributed by atoms with Gasteiger partial charge in [-0.05, 0) is 80.5 Å². The van der Waals surface area contributed by atoms with Crippen molar-refractivity contribution in [1.29, 1.82) is 0 Å². The zero-order chi connectivity index (χ0) is 27.6. The van der Waals surface area contributed by atoms with Gasteiger partial charge in [0.2, 0.25) is 5.43 Å². The molecule has 2 atom stereocenters. The summed E-state index contributed by atoms with van der Waals surface area (Å²) in [6, 6.07) is 6.15. The highest BCUT2D eigenvalue weighted by Crippen LogP contribution is 2.59. The van der Waals surface area contributed by atoms with E-state index >= 15 is 4.39 Å². The number of piperidine rings is 1. The van der Waals surface area contributed by atoms with Crippen LogP contribution in [0, 0.1) is 41.2 Å². The van der Waals surface area contributed by atoms with Gasteiger partial charge in [0.1, 0.15) is 23.0 Å². The Morgan fingerprint density at radius 2 is 1.60 bits per heavy atom. The Kier molecular flexibility index (Phi) is 4.92. The first-order chi connectivity index (χ1) is 19.1. The maximum atomic E-state index is 15.1. The molecule has 1 N–H and O–H groups in total. The summed E-state index contributed by atoms with van der Waals surface area (Å²) in [6.07, 6.45) is 7.59. The number of hydrogen-bond donors (Lipinski definition) is 1. The Bertz CT molecular complexity index is 1600. The van der Waals surface area contributed by atoms with Crippen LogP contribution >= 0.6 is 0 Å². The van der Waals surface area contributed by atoms with Crippen molar-refractivity contribution >= 4 is 22.8 Å². The molecule has 2 aromatic heterocycles. The quantitative estimate of drug-likeness (QED) is 0.460. The van der Waals surface area contributed by atoms with Gasteiger partial charge in [0.25, 0.3) is 11.8 Å². The lowest BCUT2D eigenvalue weighted by molar-refractivity contribution is -0.0167. The van der Waals surface area contributed by atoms with Gasteiger partial charge in [0.05, 0.1) is 22.9 Å². The van der Waals surface area contributed by atoms with Crippen LogP contribution < -0.4 is 15.6 Å². The summed E-state index contributed by atoms with van der Waals surface area (Å²) in [4.78, 5) is 33.7. The van der Waals surface area contributed by atoms with Crippen molar-refractivity contribution in [2.24, 2.45) is 29.6 Å². The first kappa shape index (κ1) is 24.4. The minimum Gasteiger partial charge on any atom is -0.356 e. The molecule has 2 unspecified atom stereocenters. The number of halogens is 4. The normalized spacial score (nSPS) is 32.9. The molecule has 5 saturated carbocycles. The first-order valence-corrected chi connectivity index (χ1v) is 14.1. The largest absolute Gasteiger partial charge is 0.356 e. The number of aromatic nitrogens is 2. The van der Waals surface area contributed by atoms with Gasteiger partial charge < -0.3 is 10.2 Å². The Morgan fingerprint density at radius 1 is 0.950 bits per heavy atom. The van der Waals surface area contributed by atoms with Crippen LogP contribution in [0.15, 0.2) is 41.3 Å². The number of pyridine rings is 2. The Balaban J connectivity index is 1.21. The molecule has 1 amide bonds. The Hall–Kier alpha value is -3.43. The van der Waals surface area contributed by atoms with Gasteiger partial charge >= 0.3 is 0 Å². The van der Waals surface area contributed by atoms with Gasteiger partial charge in [-0.25, -0.2) is 22.5 Å². The summed E-state index contributed by atoms with van der Waals surface area (Å²) in [5.41, 5.74) is -1.00. The summed E-state index contributed by atoms with van der Waals surface area (Å²) in [7, 11) is 0. The lowest BCUT2D eigenvalue weighted by atomic mass is 9.53. The molecule has 1 saturated heterocycles.